The summed E-state index contributed by atoms with van der Waals surface area (Å²) in [5, 5.41) is 11.8. The van der Waals surface area contributed by atoms with Gasteiger partial charge in [0, 0.05) is 19.4 Å². The summed E-state index contributed by atoms with van der Waals surface area (Å²) in [6.07, 6.45) is 32.7. The number of carbonyl (C=O) groups is 5. The third-order valence-electron chi connectivity index (χ3n) is 8.76. The maximum atomic E-state index is 11.6. The number of hydroxylamine groups is 2. The molecule has 12 nitrogen and oxygen atoms in total. The van der Waals surface area contributed by atoms with Gasteiger partial charge in [0.1, 0.15) is 19.8 Å². The summed E-state index contributed by atoms with van der Waals surface area (Å²) in [4.78, 5) is 60.5. The van der Waals surface area contributed by atoms with Crippen molar-refractivity contribution in [2.75, 3.05) is 26.4 Å². The Morgan fingerprint density at radius 3 is 1.45 bits per heavy atom. The van der Waals surface area contributed by atoms with Crippen LogP contribution in [-0.2, 0) is 43.0 Å². The van der Waals surface area contributed by atoms with Crippen molar-refractivity contribution in [3.63, 3.8) is 0 Å². The Morgan fingerprint density at radius 1 is 0.623 bits per heavy atom. The summed E-state index contributed by atoms with van der Waals surface area (Å²) in [6, 6.07) is 0. The highest BCUT2D eigenvalue weighted by Crippen LogP contribution is 2.18. The van der Waals surface area contributed by atoms with Crippen molar-refractivity contribution >= 4 is 29.7 Å². The van der Waals surface area contributed by atoms with Crippen molar-refractivity contribution in [1.82, 2.24) is 10.4 Å². The average molecular weight is 749 g/mol. The van der Waals surface area contributed by atoms with E-state index in [1.807, 2.05) is 6.92 Å². The van der Waals surface area contributed by atoms with E-state index in [9.17, 15) is 24.0 Å². The van der Waals surface area contributed by atoms with Gasteiger partial charge in [-0.2, -0.15) is 0 Å². The number of carbonyl (C=O) groups excluding carboxylic acids is 4. The van der Waals surface area contributed by atoms with E-state index in [0.717, 1.165) is 109 Å². The van der Waals surface area contributed by atoms with Gasteiger partial charge in [0.15, 0.2) is 0 Å². The Bertz CT molecular complexity index is 1100. The van der Waals surface area contributed by atoms with Crippen molar-refractivity contribution < 1.29 is 48.1 Å². The Balaban J connectivity index is 0.000000386. The number of unbranched alkanes of at least 4 members (excludes halogenated alkanes) is 1. The Hall–Kier alpha value is -3.35. The van der Waals surface area contributed by atoms with Crippen LogP contribution in [-0.4, -0.2) is 84.5 Å². The lowest BCUT2D eigenvalue weighted by Crippen LogP contribution is -2.34. The quantitative estimate of drug-likeness (QED) is 0.141. The first kappa shape index (κ1) is 47.7. The van der Waals surface area contributed by atoms with Crippen LogP contribution in [0.5, 0.6) is 0 Å². The second kappa shape index (κ2) is 32.1. The molecule has 2 N–H and O–H groups in total. The molecule has 0 spiro atoms. The normalized spacial score (nSPS) is 23.5. The zero-order valence-corrected chi connectivity index (χ0v) is 32.7. The molecule has 0 saturated carbocycles. The molecule has 1 saturated heterocycles. The number of imide groups is 1. The fourth-order valence-electron chi connectivity index (χ4n) is 5.55. The van der Waals surface area contributed by atoms with Crippen LogP contribution in [0.4, 0.5) is 0 Å². The molecule has 3 atom stereocenters. The van der Waals surface area contributed by atoms with Crippen molar-refractivity contribution in [2.24, 2.45) is 0 Å². The van der Waals surface area contributed by atoms with Gasteiger partial charge in [0.2, 0.25) is 5.91 Å². The lowest BCUT2D eigenvalue weighted by molar-refractivity contribution is -0.201. The molecular formula is C41H68N2O10. The van der Waals surface area contributed by atoms with E-state index in [-0.39, 0.29) is 56.9 Å². The van der Waals surface area contributed by atoms with Crippen LogP contribution >= 0.6 is 0 Å². The number of aliphatic carboxylic acids is 1. The van der Waals surface area contributed by atoms with Crippen LogP contribution < -0.4 is 5.32 Å². The van der Waals surface area contributed by atoms with E-state index in [2.05, 4.69) is 55.6 Å². The molecule has 4 rings (SSSR count). The fraction of sp³-hybridized carbons (Fsp3) is 0.732. The number of carboxylic acid groups (broad SMARTS) is 1. The van der Waals surface area contributed by atoms with Crippen LogP contribution in [0.2, 0.25) is 0 Å². The molecule has 0 radical (unpaired) electrons. The van der Waals surface area contributed by atoms with Gasteiger partial charge >= 0.3 is 11.9 Å². The van der Waals surface area contributed by atoms with Gasteiger partial charge in [-0.05, 0) is 103 Å². The molecule has 3 aliphatic carbocycles. The van der Waals surface area contributed by atoms with Crippen molar-refractivity contribution in [2.45, 2.75) is 167 Å². The van der Waals surface area contributed by atoms with E-state index in [4.69, 9.17) is 24.2 Å². The van der Waals surface area contributed by atoms with Crippen LogP contribution in [0.1, 0.15) is 149 Å². The number of hydrogen-bond acceptors (Lipinski definition) is 9. The molecule has 1 heterocycles. The van der Waals surface area contributed by atoms with Crippen molar-refractivity contribution in [1.29, 1.82) is 0 Å². The summed E-state index contributed by atoms with van der Waals surface area (Å²) in [7, 11) is 0. The molecule has 302 valence electrons. The van der Waals surface area contributed by atoms with Crippen LogP contribution in [0, 0.1) is 0 Å². The standard InChI is InChI=1S/C14H19NO5.C13H23NO2.C10H16O3.C4H10/c16-12-8-9-13(17)15(12)20-14(18)10-19-11-6-4-2-1-3-5-7-11;1-2-10-14-13(15)11-16-12-8-6-4-3-5-7-9-12;11-10(12)8-13-9-6-4-2-1-3-5-7-9;1-3-4-2/h1-2,11H,3-10H2;3-4,12H,2,5-11H2,1H3,(H,14,15);1-2,9H,3-8H2,(H,11,12);3-4H2,1-2H3/b2-1+;4-3+;2-1+;/t11-;12-;9-;/m000./s1. The molecule has 4 aliphatic rings. The second-order valence-corrected chi connectivity index (χ2v) is 13.5. The van der Waals surface area contributed by atoms with Gasteiger partial charge in [0.05, 0.1) is 18.3 Å². The molecule has 1 fully saturated rings. The van der Waals surface area contributed by atoms with E-state index < -0.39 is 23.8 Å². The highest BCUT2D eigenvalue weighted by atomic mass is 16.7. The van der Waals surface area contributed by atoms with Gasteiger partial charge in [-0.15, -0.1) is 5.06 Å². The number of allylic oxidation sites excluding steroid dienone is 6. The Labute approximate surface area is 318 Å². The minimum atomic E-state index is -0.877. The van der Waals surface area contributed by atoms with E-state index in [1.165, 1.54) is 12.8 Å². The van der Waals surface area contributed by atoms with Crippen LogP contribution in [0.3, 0.4) is 0 Å². The number of carboxylic acids is 1. The van der Waals surface area contributed by atoms with Gasteiger partial charge < -0.3 is 29.5 Å². The maximum Gasteiger partial charge on any atom is 0.358 e. The lowest BCUT2D eigenvalue weighted by atomic mass is 10.0. The van der Waals surface area contributed by atoms with Gasteiger partial charge in [0.25, 0.3) is 11.8 Å². The highest BCUT2D eigenvalue weighted by molar-refractivity contribution is 6.01. The number of rotatable bonds is 13. The molecule has 12 heteroatoms. The summed E-state index contributed by atoms with van der Waals surface area (Å²) >= 11 is 0. The zero-order chi connectivity index (χ0) is 38.9. The Kier molecular flexibility index (Phi) is 28.9. The monoisotopic (exact) mass is 748 g/mol. The number of nitrogens with zero attached hydrogens (tertiary/aromatic N) is 1. The molecule has 0 aromatic heterocycles. The average Bonchev–Trinajstić information content (AvgIpc) is 3.42. The number of ether oxygens (including phenoxy) is 3. The predicted octanol–water partition coefficient (Wildman–Crippen LogP) is 7.70. The summed E-state index contributed by atoms with van der Waals surface area (Å²) in [5.74, 6) is -2.51. The molecule has 0 aromatic rings. The highest BCUT2D eigenvalue weighted by Gasteiger charge is 2.33. The van der Waals surface area contributed by atoms with Gasteiger partial charge in [-0.1, -0.05) is 70.1 Å². The van der Waals surface area contributed by atoms with E-state index >= 15 is 0 Å². The molecule has 0 aromatic carbocycles. The first-order valence-electron chi connectivity index (χ1n) is 20.0. The minimum Gasteiger partial charge on any atom is -0.480 e. The first-order chi connectivity index (χ1) is 25.7. The first-order valence-corrected chi connectivity index (χ1v) is 20.0. The summed E-state index contributed by atoms with van der Waals surface area (Å²) in [5.41, 5.74) is 0. The maximum absolute atomic E-state index is 11.6. The molecule has 0 unspecified atom stereocenters. The van der Waals surface area contributed by atoms with E-state index in [0.29, 0.717) is 5.06 Å². The van der Waals surface area contributed by atoms with Crippen LogP contribution in [0.15, 0.2) is 36.5 Å². The number of nitrogens with one attached hydrogen (secondary N) is 1. The van der Waals surface area contributed by atoms with Crippen LogP contribution in [0.25, 0.3) is 0 Å². The number of hydrogen-bond donors (Lipinski definition) is 2. The third-order valence-corrected chi connectivity index (χ3v) is 8.76. The third kappa shape index (κ3) is 26.1. The number of amides is 3. The SMILES string of the molecule is CCCC.CCCNC(=O)CO[C@H]1CC/C=C/CCC1.O=C(CO[C@H]1CC/C=C/CCC1)ON1C(=O)CCC1=O.O=C(O)CO[C@H]1CC/C=C/CCC1. The minimum absolute atomic E-state index is 0.0134. The summed E-state index contributed by atoms with van der Waals surface area (Å²) < 4.78 is 16.4. The molecule has 53 heavy (non-hydrogen) atoms. The molecule has 3 amide bonds. The van der Waals surface area contributed by atoms with Crippen molar-refractivity contribution in [3.8, 4) is 0 Å². The molecular weight excluding hydrogens is 680 g/mol. The van der Waals surface area contributed by atoms with Crippen molar-refractivity contribution in [3.05, 3.63) is 36.5 Å². The van der Waals surface area contributed by atoms with E-state index in [1.54, 1.807) is 0 Å². The molecule has 1 aliphatic heterocycles. The molecule has 0 bridgehead atoms. The fourth-order valence-corrected chi connectivity index (χ4v) is 5.55. The van der Waals surface area contributed by atoms with Gasteiger partial charge in [-0.3, -0.25) is 14.4 Å². The summed E-state index contributed by atoms with van der Waals surface area (Å²) in [6.45, 7) is 6.98. The predicted molar refractivity (Wildman–Crippen MR) is 205 cm³/mol. The largest absolute Gasteiger partial charge is 0.480 e. The zero-order valence-electron chi connectivity index (χ0n) is 32.7. The second-order valence-electron chi connectivity index (χ2n) is 13.5. The van der Waals surface area contributed by atoms with Gasteiger partial charge in [-0.25, -0.2) is 9.59 Å². The topological polar surface area (TPSA) is 158 Å². The lowest BCUT2D eigenvalue weighted by Gasteiger charge is -2.18. The Morgan fingerprint density at radius 2 is 1.04 bits per heavy atom. The smallest absolute Gasteiger partial charge is 0.358 e.